The molecule has 0 bridgehead atoms. The monoisotopic (exact) mass is 355 g/mol. The molecular formula is C12H6ClN3O6S. The Labute approximate surface area is 137 Å². The van der Waals surface area contributed by atoms with Crippen LogP contribution in [0.5, 0.6) is 0 Å². The maximum atomic E-state index is 11.1. The van der Waals surface area contributed by atoms with Crippen molar-refractivity contribution < 1.29 is 14.8 Å². The first-order valence-electron chi connectivity index (χ1n) is 5.84. The van der Waals surface area contributed by atoms with E-state index >= 15 is 0 Å². The van der Waals surface area contributed by atoms with Crippen molar-refractivity contribution >= 4 is 40.4 Å². The molecule has 0 N–H and O–H groups in total. The minimum Gasteiger partial charge on any atom is -0.258 e. The van der Waals surface area contributed by atoms with E-state index in [-0.39, 0.29) is 4.90 Å². The number of rotatable bonds is 5. The summed E-state index contributed by atoms with van der Waals surface area (Å²) in [5, 5.41) is 33.5. The van der Waals surface area contributed by atoms with E-state index in [1.54, 1.807) is 0 Å². The Morgan fingerprint density at radius 1 is 0.826 bits per heavy atom. The normalized spacial score (nSPS) is 10.3. The van der Waals surface area contributed by atoms with Gasteiger partial charge in [-0.25, -0.2) is 0 Å². The molecule has 0 aliphatic rings. The number of hydrogen-bond donors (Lipinski definition) is 0. The van der Waals surface area contributed by atoms with Crippen molar-refractivity contribution in [1.82, 2.24) is 0 Å². The maximum Gasteiger partial charge on any atom is 0.297 e. The van der Waals surface area contributed by atoms with E-state index in [0.717, 1.165) is 11.8 Å². The number of benzene rings is 2. The zero-order chi connectivity index (χ0) is 17.1. The topological polar surface area (TPSA) is 129 Å². The molecule has 0 unspecified atom stereocenters. The molecule has 2 aromatic carbocycles. The van der Waals surface area contributed by atoms with Gasteiger partial charge in [-0.2, -0.15) is 0 Å². The zero-order valence-corrected chi connectivity index (χ0v) is 12.6. The fourth-order valence-corrected chi connectivity index (χ4v) is 2.80. The molecule has 0 spiro atoms. The lowest BCUT2D eigenvalue weighted by Crippen LogP contribution is -1.99. The second kappa shape index (κ2) is 6.58. The molecule has 0 heterocycles. The average Bonchev–Trinajstić information content (AvgIpc) is 2.48. The van der Waals surface area contributed by atoms with Crippen molar-refractivity contribution in [3.63, 3.8) is 0 Å². The molecule has 0 atom stereocenters. The molecule has 0 amide bonds. The van der Waals surface area contributed by atoms with Gasteiger partial charge in [0.05, 0.1) is 26.9 Å². The Morgan fingerprint density at radius 2 is 1.30 bits per heavy atom. The van der Waals surface area contributed by atoms with Crippen molar-refractivity contribution in [1.29, 1.82) is 0 Å². The predicted octanol–water partition coefficient (Wildman–Crippen LogP) is 4.22. The average molecular weight is 356 g/mol. The number of nitrogens with zero attached hydrogens (tertiary/aromatic N) is 3. The van der Waals surface area contributed by atoms with Crippen LogP contribution < -0.4 is 0 Å². The van der Waals surface area contributed by atoms with Crippen molar-refractivity contribution in [2.45, 2.75) is 9.79 Å². The lowest BCUT2D eigenvalue weighted by atomic mass is 10.2. The van der Waals surface area contributed by atoms with Gasteiger partial charge in [-0.15, -0.1) is 0 Å². The number of hydrogen-bond acceptors (Lipinski definition) is 7. The number of nitro benzene ring substituents is 3. The van der Waals surface area contributed by atoms with Crippen LogP contribution in [-0.4, -0.2) is 14.8 Å². The first-order valence-corrected chi connectivity index (χ1v) is 7.03. The van der Waals surface area contributed by atoms with Crippen LogP contribution in [0.15, 0.2) is 46.2 Å². The van der Waals surface area contributed by atoms with Crippen LogP contribution in [0.2, 0.25) is 5.02 Å². The van der Waals surface area contributed by atoms with Gasteiger partial charge in [0.2, 0.25) is 0 Å². The van der Waals surface area contributed by atoms with Gasteiger partial charge < -0.3 is 0 Å². The van der Waals surface area contributed by atoms with E-state index in [2.05, 4.69) is 0 Å². The van der Waals surface area contributed by atoms with Crippen LogP contribution in [0, 0.1) is 30.3 Å². The SMILES string of the molecule is O=[N+]([O-])c1cc([N+](=O)[O-])c(Sc2ccc(Cl)cc2)c([N+](=O)[O-])c1. The zero-order valence-electron chi connectivity index (χ0n) is 11.0. The summed E-state index contributed by atoms with van der Waals surface area (Å²) >= 11 is 6.50. The maximum absolute atomic E-state index is 11.1. The molecule has 0 aliphatic carbocycles. The summed E-state index contributed by atoms with van der Waals surface area (Å²) in [4.78, 5) is 30.6. The Bertz CT molecular complexity index is 776. The van der Waals surface area contributed by atoms with E-state index in [1.165, 1.54) is 24.3 Å². The molecule has 118 valence electrons. The molecule has 0 saturated carbocycles. The van der Waals surface area contributed by atoms with Crippen LogP contribution in [-0.2, 0) is 0 Å². The third-order valence-corrected chi connectivity index (χ3v) is 4.05. The van der Waals surface area contributed by atoms with E-state index < -0.39 is 31.8 Å². The van der Waals surface area contributed by atoms with Crippen LogP contribution in [0.25, 0.3) is 0 Å². The highest BCUT2D eigenvalue weighted by atomic mass is 35.5. The minimum atomic E-state index is -0.920. The first kappa shape index (κ1) is 16.6. The van der Waals surface area contributed by atoms with Crippen molar-refractivity contribution in [3.8, 4) is 0 Å². The number of non-ortho nitro benzene ring substituents is 1. The van der Waals surface area contributed by atoms with Gasteiger partial charge >= 0.3 is 0 Å². The Morgan fingerprint density at radius 3 is 1.70 bits per heavy atom. The Hall–Kier alpha value is -2.72. The molecule has 0 radical (unpaired) electrons. The third kappa shape index (κ3) is 3.73. The van der Waals surface area contributed by atoms with Crippen LogP contribution >= 0.6 is 23.4 Å². The summed E-state index contributed by atoms with van der Waals surface area (Å²) in [7, 11) is 0. The third-order valence-electron chi connectivity index (χ3n) is 2.67. The van der Waals surface area contributed by atoms with Gasteiger partial charge in [0.1, 0.15) is 0 Å². The fraction of sp³-hybridized carbons (Fsp3) is 0. The molecule has 0 aliphatic heterocycles. The molecule has 0 saturated heterocycles. The largest absolute Gasteiger partial charge is 0.297 e. The van der Waals surface area contributed by atoms with Gasteiger partial charge in [-0.1, -0.05) is 23.4 Å². The Balaban J connectivity index is 2.63. The molecular weight excluding hydrogens is 350 g/mol. The Kier molecular flexibility index (Phi) is 4.77. The van der Waals surface area contributed by atoms with Crippen molar-refractivity contribution in [2.24, 2.45) is 0 Å². The standard InChI is InChI=1S/C12H6ClN3O6S/c13-7-1-3-9(4-2-7)23-12-10(15(19)20)5-8(14(17)18)6-11(12)16(21)22/h1-6H. The second-order valence-corrected chi connectivity index (χ2v) is 5.66. The van der Waals surface area contributed by atoms with Gasteiger partial charge in [-0.05, 0) is 24.3 Å². The fourth-order valence-electron chi connectivity index (χ4n) is 1.69. The molecule has 11 heteroatoms. The summed E-state index contributed by atoms with van der Waals surface area (Å²) in [6.07, 6.45) is 0. The number of halogens is 1. The highest BCUT2D eigenvalue weighted by molar-refractivity contribution is 7.99. The minimum absolute atomic E-state index is 0.284. The van der Waals surface area contributed by atoms with Crippen LogP contribution in [0.1, 0.15) is 0 Å². The molecule has 2 rings (SSSR count). The number of nitro groups is 3. The predicted molar refractivity (Wildman–Crippen MR) is 82.0 cm³/mol. The molecule has 0 aromatic heterocycles. The summed E-state index contributed by atoms with van der Waals surface area (Å²) < 4.78 is 0. The molecule has 9 nitrogen and oxygen atoms in total. The van der Waals surface area contributed by atoms with Gasteiger partial charge in [0, 0.05) is 9.92 Å². The first-order chi connectivity index (χ1) is 10.8. The van der Waals surface area contributed by atoms with Gasteiger partial charge in [0.25, 0.3) is 17.1 Å². The molecule has 23 heavy (non-hydrogen) atoms. The quantitative estimate of drug-likeness (QED) is 0.579. The lowest BCUT2D eigenvalue weighted by Gasteiger charge is -2.04. The van der Waals surface area contributed by atoms with E-state index in [4.69, 9.17) is 11.6 Å². The summed E-state index contributed by atoms with van der Waals surface area (Å²) in [6, 6.07) is 7.50. The highest BCUT2D eigenvalue weighted by Crippen LogP contribution is 2.43. The molecule has 0 fully saturated rings. The smallest absolute Gasteiger partial charge is 0.258 e. The van der Waals surface area contributed by atoms with Gasteiger partial charge in [0.15, 0.2) is 4.90 Å². The van der Waals surface area contributed by atoms with E-state index in [0.29, 0.717) is 22.1 Å². The van der Waals surface area contributed by atoms with Crippen molar-refractivity contribution in [2.75, 3.05) is 0 Å². The van der Waals surface area contributed by atoms with Crippen LogP contribution in [0.3, 0.4) is 0 Å². The second-order valence-electron chi connectivity index (χ2n) is 4.14. The summed E-state index contributed by atoms with van der Waals surface area (Å²) in [5.41, 5.74) is -2.12. The van der Waals surface area contributed by atoms with E-state index in [9.17, 15) is 30.3 Å². The molecule has 2 aromatic rings. The van der Waals surface area contributed by atoms with Crippen LogP contribution in [0.4, 0.5) is 17.1 Å². The summed E-state index contributed by atoms with van der Waals surface area (Å²) in [6.45, 7) is 0. The lowest BCUT2D eigenvalue weighted by molar-refractivity contribution is -0.407. The highest BCUT2D eigenvalue weighted by Gasteiger charge is 2.31. The van der Waals surface area contributed by atoms with E-state index in [1.807, 2.05) is 0 Å². The van der Waals surface area contributed by atoms with Crippen molar-refractivity contribution in [3.05, 3.63) is 71.8 Å². The van der Waals surface area contributed by atoms with Gasteiger partial charge in [-0.3, -0.25) is 30.3 Å². The summed E-state index contributed by atoms with van der Waals surface area (Å²) in [5.74, 6) is 0.